The number of pyridine rings is 1. The summed E-state index contributed by atoms with van der Waals surface area (Å²) in [6.45, 7) is 4.26. The van der Waals surface area contributed by atoms with Gasteiger partial charge in [-0.2, -0.15) is 5.10 Å². The highest BCUT2D eigenvalue weighted by molar-refractivity contribution is 5.95. The van der Waals surface area contributed by atoms with Crippen molar-refractivity contribution in [3.05, 3.63) is 47.9 Å². The highest BCUT2D eigenvalue weighted by atomic mass is 15.3. The zero-order valence-corrected chi connectivity index (χ0v) is 11.8. The highest BCUT2D eigenvalue weighted by Crippen LogP contribution is 2.26. The normalized spacial score (nSPS) is 11.1. The molecule has 4 nitrogen and oxygen atoms in total. The zero-order chi connectivity index (χ0) is 14.1. The van der Waals surface area contributed by atoms with Gasteiger partial charge in [0.15, 0.2) is 0 Å². The number of benzene rings is 1. The third-order valence-electron chi connectivity index (χ3n) is 3.57. The van der Waals surface area contributed by atoms with Crippen molar-refractivity contribution in [1.82, 2.24) is 14.8 Å². The molecule has 0 unspecified atom stereocenters. The summed E-state index contributed by atoms with van der Waals surface area (Å²) < 4.78 is 1.99. The summed E-state index contributed by atoms with van der Waals surface area (Å²) in [6, 6.07) is 9.98. The zero-order valence-electron chi connectivity index (χ0n) is 11.8. The minimum atomic E-state index is 0.748. The Hall–Kier alpha value is -2.36. The molecule has 102 valence electrons. The number of aryl methyl sites for hydroxylation is 2. The van der Waals surface area contributed by atoms with E-state index in [2.05, 4.69) is 30.0 Å². The molecule has 3 aromatic rings. The molecule has 0 bridgehead atoms. The SMILES string of the molecule is CCc1cc(CC)n(-c2ccc(N)c3cccnc23)n1. The van der Waals surface area contributed by atoms with Gasteiger partial charge < -0.3 is 5.73 Å². The van der Waals surface area contributed by atoms with Crippen LogP contribution in [0.2, 0.25) is 0 Å². The molecule has 0 amide bonds. The van der Waals surface area contributed by atoms with E-state index in [-0.39, 0.29) is 0 Å². The molecular weight excluding hydrogens is 248 g/mol. The van der Waals surface area contributed by atoms with Crippen LogP contribution in [-0.2, 0) is 12.8 Å². The van der Waals surface area contributed by atoms with Gasteiger partial charge in [-0.25, -0.2) is 4.68 Å². The maximum atomic E-state index is 6.04. The number of anilines is 1. The molecule has 0 atom stereocenters. The van der Waals surface area contributed by atoms with E-state index in [1.54, 1.807) is 6.20 Å². The summed E-state index contributed by atoms with van der Waals surface area (Å²) in [7, 11) is 0. The number of hydrogen-bond donors (Lipinski definition) is 1. The number of nitrogens with two attached hydrogens (primary N) is 1. The van der Waals surface area contributed by atoms with Crippen LogP contribution in [-0.4, -0.2) is 14.8 Å². The van der Waals surface area contributed by atoms with Crippen LogP contribution in [0.5, 0.6) is 0 Å². The predicted octanol–water partition coefficient (Wildman–Crippen LogP) is 3.13. The van der Waals surface area contributed by atoms with Crippen LogP contribution in [0.25, 0.3) is 16.6 Å². The first kappa shape index (κ1) is 12.7. The summed E-state index contributed by atoms with van der Waals surface area (Å²) in [5, 5.41) is 5.66. The van der Waals surface area contributed by atoms with Crippen molar-refractivity contribution < 1.29 is 0 Å². The van der Waals surface area contributed by atoms with Gasteiger partial charge in [0, 0.05) is 23.0 Å². The predicted molar refractivity (Wildman–Crippen MR) is 82.0 cm³/mol. The van der Waals surface area contributed by atoms with Gasteiger partial charge in [0.05, 0.1) is 16.9 Å². The Bertz CT molecular complexity index is 758. The number of nitrogens with zero attached hydrogens (tertiary/aromatic N) is 3. The standard InChI is InChI=1S/C16H18N4/c1-3-11-10-12(4-2)20(19-11)15-8-7-14(17)13-6-5-9-18-16(13)15/h5-10H,3-4,17H2,1-2H3. The fourth-order valence-corrected chi connectivity index (χ4v) is 2.46. The van der Waals surface area contributed by atoms with Gasteiger partial charge in [0.2, 0.25) is 0 Å². The molecule has 0 aliphatic heterocycles. The lowest BCUT2D eigenvalue weighted by atomic mass is 10.1. The molecule has 0 saturated heterocycles. The van der Waals surface area contributed by atoms with Crippen molar-refractivity contribution in [3.8, 4) is 5.69 Å². The number of nitrogen functional groups attached to an aromatic ring is 1. The minimum Gasteiger partial charge on any atom is -0.398 e. The van der Waals surface area contributed by atoms with E-state index in [0.717, 1.165) is 40.8 Å². The van der Waals surface area contributed by atoms with E-state index in [1.165, 1.54) is 5.69 Å². The van der Waals surface area contributed by atoms with Crippen LogP contribution < -0.4 is 5.73 Å². The summed E-state index contributed by atoms with van der Waals surface area (Å²) >= 11 is 0. The van der Waals surface area contributed by atoms with E-state index >= 15 is 0 Å². The van der Waals surface area contributed by atoms with Crippen LogP contribution in [0.4, 0.5) is 5.69 Å². The monoisotopic (exact) mass is 266 g/mol. The quantitative estimate of drug-likeness (QED) is 0.741. The summed E-state index contributed by atoms with van der Waals surface area (Å²) in [5.41, 5.74) is 11.0. The molecule has 0 aliphatic carbocycles. The fraction of sp³-hybridized carbons (Fsp3) is 0.250. The second-order valence-corrected chi connectivity index (χ2v) is 4.82. The van der Waals surface area contributed by atoms with E-state index < -0.39 is 0 Å². The summed E-state index contributed by atoms with van der Waals surface area (Å²) in [5.74, 6) is 0. The molecule has 20 heavy (non-hydrogen) atoms. The Morgan fingerprint density at radius 2 is 2.00 bits per heavy atom. The number of aromatic nitrogens is 3. The smallest absolute Gasteiger partial charge is 0.0979 e. The molecule has 2 heterocycles. The number of hydrogen-bond acceptors (Lipinski definition) is 3. The van der Waals surface area contributed by atoms with Crippen molar-refractivity contribution in [2.45, 2.75) is 26.7 Å². The van der Waals surface area contributed by atoms with Crippen LogP contribution in [0.1, 0.15) is 25.2 Å². The first-order chi connectivity index (χ1) is 9.74. The lowest BCUT2D eigenvalue weighted by Crippen LogP contribution is -2.04. The topological polar surface area (TPSA) is 56.7 Å². The molecule has 0 spiro atoms. The summed E-state index contributed by atoms with van der Waals surface area (Å²) in [4.78, 5) is 4.49. The highest BCUT2D eigenvalue weighted by Gasteiger charge is 2.12. The van der Waals surface area contributed by atoms with E-state index in [1.807, 2.05) is 28.9 Å². The van der Waals surface area contributed by atoms with Gasteiger partial charge in [-0.1, -0.05) is 13.8 Å². The van der Waals surface area contributed by atoms with Gasteiger partial charge >= 0.3 is 0 Å². The van der Waals surface area contributed by atoms with Gasteiger partial charge in [-0.3, -0.25) is 4.98 Å². The van der Waals surface area contributed by atoms with E-state index in [0.29, 0.717) is 0 Å². The average Bonchev–Trinajstić information content (AvgIpc) is 2.91. The Kier molecular flexibility index (Phi) is 3.14. The number of fused-ring (bicyclic) bond motifs is 1. The average molecular weight is 266 g/mol. The molecule has 2 aromatic heterocycles. The second-order valence-electron chi connectivity index (χ2n) is 4.82. The van der Waals surface area contributed by atoms with Gasteiger partial charge in [0.1, 0.15) is 0 Å². The van der Waals surface area contributed by atoms with Gasteiger partial charge in [-0.05, 0) is 43.2 Å². The molecule has 4 heteroatoms. The molecular formula is C16H18N4. The molecule has 0 aliphatic rings. The van der Waals surface area contributed by atoms with E-state index in [4.69, 9.17) is 5.73 Å². The van der Waals surface area contributed by atoms with Crippen LogP contribution in [0, 0.1) is 0 Å². The molecule has 1 aromatic carbocycles. The Morgan fingerprint density at radius 1 is 1.15 bits per heavy atom. The minimum absolute atomic E-state index is 0.748. The third-order valence-corrected chi connectivity index (χ3v) is 3.57. The molecule has 2 N–H and O–H groups in total. The van der Waals surface area contributed by atoms with Crippen molar-refractivity contribution in [2.24, 2.45) is 0 Å². The van der Waals surface area contributed by atoms with Crippen LogP contribution in [0.15, 0.2) is 36.5 Å². The van der Waals surface area contributed by atoms with Crippen LogP contribution >= 0.6 is 0 Å². The van der Waals surface area contributed by atoms with Crippen molar-refractivity contribution in [3.63, 3.8) is 0 Å². The lowest BCUT2D eigenvalue weighted by Gasteiger charge is -2.10. The first-order valence-corrected chi connectivity index (χ1v) is 6.96. The van der Waals surface area contributed by atoms with Gasteiger partial charge in [0.25, 0.3) is 0 Å². The Balaban J connectivity index is 2.30. The number of rotatable bonds is 3. The maximum absolute atomic E-state index is 6.04. The largest absolute Gasteiger partial charge is 0.398 e. The molecule has 3 rings (SSSR count). The first-order valence-electron chi connectivity index (χ1n) is 6.96. The van der Waals surface area contributed by atoms with Gasteiger partial charge in [-0.15, -0.1) is 0 Å². The van der Waals surface area contributed by atoms with Crippen LogP contribution in [0.3, 0.4) is 0 Å². The molecule has 0 saturated carbocycles. The summed E-state index contributed by atoms with van der Waals surface area (Å²) in [6.07, 6.45) is 3.66. The van der Waals surface area contributed by atoms with E-state index in [9.17, 15) is 0 Å². The fourth-order valence-electron chi connectivity index (χ4n) is 2.46. The van der Waals surface area contributed by atoms with Crippen molar-refractivity contribution in [1.29, 1.82) is 0 Å². The second kappa shape index (κ2) is 4.96. The molecule has 0 fully saturated rings. The van der Waals surface area contributed by atoms with Crippen molar-refractivity contribution >= 4 is 16.6 Å². The lowest BCUT2D eigenvalue weighted by molar-refractivity contribution is 0.797. The Morgan fingerprint density at radius 3 is 2.75 bits per heavy atom. The maximum Gasteiger partial charge on any atom is 0.0979 e. The third kappa shape index (κ3) is 1.93. The van der Waals surface area contributed by atoms with Crippen molar-refractivity contribution in [2.75, 3.05) is 5.73 Å². The molecule has 0 radical (unpaired) electrons. The Labute approximate surface area is 118 Å².